The minimum atomic E-state index is -0.315. The third-order valence-corrected chi connectivity index (χ3v) is 2.62. The van der Waals surface area contributed by atoms with Crippen LogP contribution in [0, 0.1) is 0 Å². The van der Waals surface area contributed by atoms with E-state index < -0.39 is 0 Å². The first-order valence-electron chi connectivity index (χ1n) is 5.04. The zero-order chi connectivity index (χ0) is 9.97. The molecule has 0 aromatic carbocycles. The number of hydrogen-bond donors (Lipinski definition) is 2. The number of likely N-dealkylation sites (tertiary alicyclic amines) is 1. The van der Waals surface area contributed by atoms with E-state index in [1.165, 1.54) is 0 Å². The molecule has 0 aromatic rings. The molecule has 14 heavy (non-hydrogen) atoms. The molecule has 80 valence electrons. The Morgan fingerprint density at radius 1 is 1.57 bits per heavy atom. The Kier molecular flexibility index (Phi) is 3.00. The second kappa shape index (κ2) is 4.25. The standard InChI is InChI=1S/C9H16N2O3/c12-7-5-11(6-7)9(13)3-8-4-10-1-2-14-8/h7-8,10,12H,1-6H2. The molecule has 2 aliphatic heterocycles. The first-order valence-corrected chi connectivity index (χ1v) is 5.04. The number of morpholine rings is 1. The summed E-state index contributed by atoms with van der Waals surface area (Å²) in [6.07, 6.45) is 0.123. The molecule has 1 unspecified atom stereocenters. The summed E-state index contributed by atoms with van der Waals surface area (Å²) in [4.78, 5) is 13.2. The van der Waals surface area contributed by atoms with Crippen molar-refractivity contribution in [2.24, 2.45) is 0 Å². The van der Waals surface area contributed by atoms with Crippen LogP contribution < -0.4 is 5.32 Å². The van der Waals surface area contributed by atoms with Crippen molar-refractivity contribution in [1.82, 2.24) is 10.2 Å². The van der Waals surface area contributed by atoms with Crippen molar-refractivity contribution in [2.45, 2.75) is 18.6 Å². The molecule has 5 nitrogen and oxygen atoms in total. The van der Waals surface area contributed by atoms with Crippen molar-refractivity contribution in [2.75, 3.05) is 32.8 Å². The molecule has 0 spiro atoms. The molecule has 1 atom stereocenters. The molecule has 2 fully saturated rings. The Labute approximate surface area is 83.0 Å². The highest BCUT2D eigenvalue weighted by Gasteiger charge is 2.30. The summed E-state index contributed by atoms with van der Waals surface area (Å²) in [6.45, 7) is 3.27. The number of carbonyl (C=O) groups excluding carboxylic acids is 1. The van der Waals surface area contributed by atoms with E-state index in [9.17, 15) is 4.79 Å². The Balaban J connectivity index is 1.71. The van der Waals surface area contributed by atoms with Crippen molar-refractivity contribution >= 4 is 5.91 Å². The molecule has 1 amide bonds. The molecule has 0 aliphatic carbocycles. The number of ether oxygens (including phenoxy) is 1. The third kappa shape index (κ3) is 2.23. The molecule has 0 aromatic heterocycles. The highest BCUT2D eigenvalue weighted by Crippen LogP contribution is 2.11. The summed E-state index contributed by atoms with van der Waals surface area (Å²) in [6, 6.07) is 0. The largest absolute Gasteiger partial charge is 0.389 e. The molecule has 0 bridgehead atoms. The van der Waals surface area contributed by atoms with Crippen LogP contribution in [0.4, 0.5) is 0 Å². The summed E-state index contributed by atoms with van der Waals surface area (Å²) in [5.41, 5.74) is 0. The second-order valence-corrected chi connectivity index (χ2v) is 3.85. The van der Waals surface area contributed by atoms with Gasteiger partial charge in [0, 0.05) is 26.2 Å². The fraction of sp³-hybridized carbons (Fsp3) is 0.889. The highest BCUT2D eigenvalue weighted by molar-refractivity contribution is 5.77. The number of β-amino-alcohol motifs (C(OH)–C–C–N with tert-alkyl or cyclic N) is 1. The van der Waals surface area contributed by atoms with Crippen LogP contribution >= 0.6 is 0 Å². The van der Waals surface area contributed by atoms with Gasteiger partial charge in [-0.25, -0.2) is 0 Å². The maximum absolute atomic E-state index is 11.5. The lowest BCUT2D eigenvalue weighted by molar-refractivity contribution is -0.144. The van der Waals surface area contributed by atoms with Gasteiger partial charge < -0.3 is 20.1 Å². The molecule has 2 rings (SSSR count). The fourth-order valence-corrected chi connectivity index (χ4v) is 1.73. The van der Waals surface area contributed by atoms with Gasteiger partial charge >= 0.3 is 0 Å². The van der Waals surface area contributed by atoms with Gasteiger partial charge in [-0.3, -0.25) is 4.79 Å². The average molecular weight is 200 g/mol. The minimum absolute atomic E-state index is 0.00833. The van der Waals surface area contributed by atoms with Crippen LogP contribution in [0.5, 0.6) is 0 Å². The van der Waals surface area contributed by atoms with E-state index in [0.29, 0.717) is 26.1 Å². The number of hydrogen-bond acceptors (Lipinski definition) is 4. The minimum Gasteiger partial charge on any atom is -0.389 e. The molecule has 2 N–H and O–H groups in total. The van der Waals surface area contributed by atoms with Crippen LogP contribution in [0.25, 0.3) is 0 Å². The molecular weight excluding hydrogens is 184 g/mol. The van der Waals surface area contributed by atoms with Gasteiger partial charge in [-0.15, -0.1) is 0 Å². The van der Waals surface area contributed by atoms with Gasteiger partial charge in [-0.2, -0.15) is 0 Å². The lowest BCUT2D eigenvalue weighted by Crippen LogP contribution is -2.54. The van der Waals surface area contributed by atoms with Crippen molar-refractivity contribution in [3.8, 4) is 0 Å². The van der Waals surface area contributed by atoms with Crippen LogP contribution in [-0.2, 0) is 9.53 Å². The number of aliphatic hydroxyl groups excluding tert-OH is 1. The molecule has 5 heteroatoms. The van der Waals surface area contributed by atoms with Crippen LogP contribution in [0.15, 0.2) is 0 Å². The predicted octanol–water partition coefficient (Wildman–Crippen LogP) is -1.43. The average Bonchev–Trinajstić information content (AvgIpc) is 2.14. The molecule has 2 heterocycles. The van der Waals surface area contributed by atoms with E-state index in [4.69, 9.17) is 9.84 Å². The summed E-state index contributed by atoms with van der Waals surface area (Å²) in [5.74, 6) is 0.0870. The van der Waals surface area contributed by atoms with E-state index >= 15 is 0 Å². The van der Waals surface area contributed by atoms with Crippen molar-refractivity contribution in [3.05, 3.63) is 0 Å². The van der Waals surface area contributed by atoms with Gasteiger partial charge in [0.05, 0.1) is 25.2 Å². The third-order valence-electron chi connectivity index (χ3n) is 2.62. The highest BCUT2D eigenvalue weighted by atomic mass is 16.5. The van der Waals surface area contributed by atoms with E-state index in [1.807, 2.05) is 0 Å². The zero-order valence-electron chi connectivity index (χ0n) is 8.11. The number of nitrogens with zero attached hydrogens (tertiary/aromatic N) is 1. The van der Waals surface area contributed by atoms with E-state index in [1.54, 1.807) is 4.90 Å². The maximum atomic E-state index is 11.5. The van der Waals surface area contributed by atoms with Gasteiger partial charge in [-0.1, -0.05) is 0 Å². The number of aliphatic hydroxyl groups is 1. The Morgan fingerprint density at radius 3 is 2.93 bits per heavy atom. The Morgan fingerprint density at radius 2 is 2.36 bits per heavy atom. The van der Waals surface area contributed by atoms with Crippen molar-refractivity contribution in [1.29, 1.82) is 0 Å². The number of rotatable bonds is 2. The quantitative estimate of drug-likeness (QED) is 0.573. The lowest BCUT2D eigenvalue weighted by atomic mass is 10.1. The smallest absolute Gasteiger partial charge is 0.225 e. The maximum Gasteiger partial charge on any atom is 0.225 e. The monoisotopic (exact) mass is 200 g/mol. The van der Waals surface area contributed by atoms with Crippen LogP contribution in [0.1, 0.15) is 6.42 Å². The predicted molar refractivity (Wildman–Crippen MR) is 49.8 cm³/mol. The number of nitrogens with one attached hydrogen (secondary N) is 1. The van der Waals surface area contributed by atoms with Gasteiger partial charge in [0.25, 0.3) is 0 Å². The lowest BCUT2D eigenvalue weighted by Gasteiger charge is -2.37. The van der Waals surface area contributed by atoms with E-state index in [0.717, 1.165) is 13.1 Å². The van der Waals surface area contributed by atoms with Gasteiger partial charge in [0.2, 0.25) is 5.91 Å². The summed E-state index contributed by atoms with van der Waals surface area (Å²) in [5, 5.41) is 12.2. The van der Waals surface area contributed by atoms with Crippen LogP contribution in [-0.4, -0.2) is 60.9 Å². The Bertz CT molecular complexity index is 210. The second-order valence-electron chi connectivity index (χ2n) is 3.85. The molecule has 0 radical (unpaired) electrons. The van der Waals surface area contributed by atoms with Gasteiger partial charge in [0.1, 0.15) is 0 Å². The van der Waals surface area contributed by atoms with Crippen LogP contribution in [0.3, 0.4) is 0 Å². The van der Waals surface area contributed by atoms with E-state index in [-0.39, 0.29) is 18.1 Å². The number of carbonyl (C=O) groups is 1. The Hall–Kier alpha value is -0.650. The van der Waals surface area contributed by atoms with Gasteiger partial charge in [0.15, 0.2) is 0 Å². The zero-order valence-corrected chi connectivity index (χ0v) is 8.11. The molecule has 2 saturated heterocycles. The molecule has 0 saturated carbocycles. The van der Waals surface area contributed by atoms with Crippen LogP contribution in [0.2, 0.25) is 0 Å². The first-order chi connectivity index (χ1) is 6.75. The van der Waals surface area contributed by atoms with Gasteiger partial charge in [-0.05, 0) is 0 Å². The number of amides is 1. The molecular formula is C9H16N2O3. The van der Waals surface area contributed by atoms with Crippen molar-refractivity contribution in [3.63, 3.8) is 0 Å². The summed E-state index contributed by atoms with van der Waals surface area (Å²) >= 11 is 0. The topological polar surface area (TPSA) is 61.8 Å². The fourth-order valence-electron chi connectivity index (χ4n) is 1.73. The summed E-state index contributed by atoms with van der Waals surface area (Å²) < 4.78 is 5.42. The van der Waals surface area contributed by atoms with E-state index in [2.05, 4.69) is 5.32 Å². The molecule has 2 aliphatic rings. The summed E-state index contributed by atoms with van der Waals surface area (Å²) in [7, 11) is 0. The SMILES string of the molecule is O=C(CC1CNCCO1)N1CC(O)C1. The normalized spacial score (nSPS) is 28.6. The first kappa shape index (κ1) is 9.89. The van der Waals surface area contributed by atoms with Crippen molar-refractivity contribution < 1.29 is 14.6 Å².